The maximum atomic E-state index is 13.3. The summed E-state index contributed by atoms with van der Waals surface area (Å²) in [6, 6.07) is 17.9. The van der Waals surface area contributed by atoms with Crippen LogP contribution in [0.15, 0.2) is 60.7 Å². The van der Waals surface area contributed by atoms with Crippen molar-refractivity contribution in [2.45, 2.75) is 46.2 Å². The molecule has 2 aromatic heterocycles. The number of nitrogens with one attached hydrogen (secondary N) is 1. The molecule has 34 heavy (non-hydrogen) atoms. The molecule has 0 atom stereocenters. The molecule has 0 aliphatic rings. The summed E-state index contributed by atoms with van der Waals surface area (Å²) in [5.41, 5.74) is 3.39. The summed E-state index contributed by atoms with van der Waals surface area (Å²) in [4.78, 5) is 13.3. The molecule has 0 spiro atoms. The zero-order valence-electron chi connectivity index (χ0n) is 19.6. The summed E-state index contributed by atoms with van der Waals surface area (Å²) in [5, 5.41) is 12.4. The molecule has 2 aromatic carbocycles. The molecular formula is C26H27ClFN5O. The van der Waals surface area contributed by atoms with Gasteiger partial charge in [0.1, 0.15) is 16.8 Å². The zero-order chi connectivity index (χ0) is 24.5. The number of benzene rings is 2. The number of carbonyl (C=O) groups is 1. The molecule has 0 radical (unpaired) electrons. The second kappa shape index (κ2) is 9.43. The van der Waals surface area contributed by atoms with E-state index in [-0.39, 0.29) is 22.3 Å². The second-order valence-corrected chi connectivity index (χ2v) is 9.66. The molecular weight excluding hydrogens is 453 g/mol. The standard InChI is InChI=1S/C26H27ClFN5O/c1-17-23(24(27)33(30-17)16-19-10-12-20(28)13-11-19)25(34)29-22-14-21(26(2,3)4)31-32(22)15-18-8-6-5-7-9-18/h5-14H,15-16H2,1-4H3,(H,29,34). The van der Waals surface area contributed by atoms with Gasteiger partial charge in [-0.1, -0.05) is 74.8 Å². The van der Waals surface area contributed by atoms with E-state index in [1.165, 1.54) is 12.1 Å². The van der Waals surface area contributed by atoms with Gasteiger partial charge < -0.3 is 5.32 Å². The van der Waals surface area contributed by atoms with E-state index in [0.29, 0.717) is 30.2 Å². The van der Waals surface area contributed by atoms with Gasteiger partial charge in [0.15, 0.2) is 0 Å². The van der Waals surface area contributed by atoms with Crippen LogP contribution in [0.3, 0.4) is 0 Å². The first-order valence-corrected chi connectivity index (χ1v) is 11.4. The lowest BCUT2D eigenvalue weighted by atomic mass is 9.92. The first kappa shape index (κ1) is 23.7. The highest BCUT2D eigenvalue weighted by atomic mass is 35.5. The predicted molar refractivity (Wildman–Crippen MR) is 132 cm³/mol. The Kier molecular flexibility index (Phi) is 6.57. The van der Waals surface area contributed by atoms with E-state index in [0.717, 1.165) is 16.8 Å². The number of carbonyl (C=O) groups excluding carboxylic acids is 1. The summed E-state index contributed by atoms with van der Waals surface area (Å²) in [5.74, 6) is -0.0867. The predicted octanol–water partition coefficient (Wildman–Crippen LogP) is 5.83. The van der Waals surface area contributed by atoms with Gasteiger partial charge in [-0.05, 0) is 30.2 Å². The van der Waals surface area contributed by atoms with Crippen LogP contribution in [-0.2, 0) is 18.5 Å². The second-order valence-electron chi connectivity index (χ2n) is 9.30. The summed E-state index contributed by atoms with van der Waals surface area (Å²) in [6.07, 6.45) is 0. The van der Waals surface area contributed by atoms with Crippen LogP contribution in [0.25, 0.3) is 0 Å². The normalized spacial score (nSPS) is 11.6. The third kappa shape index (κ3) is 5.20. The SMILES string of the molecule is Cc1nn(Cc2ccc(F)cc2)c(Cl)c1C(=O)Nc1cc(C(C)(C)C)nn1Cc1ccccc1. The highest BCUT2D eigenvalue weighted by Crippen LogP contribution is 2.27. The molecule has 1 amide bonds. The van der Waals surface area contributed by atoms with Crippen LogP contribution < -0.4 is 5.32 Å². The number of aromatic nitrogens is 4. The first-order chi connectivity index (χ1) is 16.1. The van der Waals surface area contributed by atoms with Crippen molar-refractivity contribution >= 4 is 23.3 Å². The van der Waals surface area contributed by atoms with Gasteiger partial charge in [0, 0.05) is 11.5 Å². The van der Waals surface area contributed by atoms with Gasteiger partial charge in [-0.2, -0.15) is 10.2 Å². The van der Waals surface area contributed by atoms with Crippen molar-refractivity contribution in [1.82, 2.24) is 19.6 Å². The lowest BCUT2D eigenvalue weighted by molar-refractivity contribution is 0.102. The number of rotatable bonds is 6. The average molecular weight is 480 g/mol. The van der Waals surface area contributed by atoms with Crippen LogP contribution in [0.5, 0.6) is 0 Å². The molecule has 2 heterocycles. The van der Waals surface area contributed by atoms with E-state index < -0.39 is 0 Å². The Morgan fingerprint density at radius 3 is 2.24 bits per heavy atom. The molecule has 6 nitrogen and oxygen atoms in total. The van der Waals surface area contributed by atoms with Gasteiger partial charge in [0.2, 0.25) is 0 Å². The third-order valence-electron chi connectivity index (χ3n) is 5.50. The molecule has 4 aromatic rings. The van der Waals surface area contributed by atoms with E-state index in [9.17, 15) is 9.18 Å². The van der Waals surface area contributed by atoms with Crippen molar-refractivity contribution in [2.24, 2.45) is 0 Å². The van der Waals surface area contributed by atoms with Crippen LogP contribution in [0.2, 0.25) is 5.15 Å². The molecule has 1 N–H and O–H groups in total. The summed E-state index contributed by atoms with van der Waals surface area (Å²) >= 11 is 6.56. The molecule has 0 saturated heterocycles. The number of halogens is 2. The minimum atomic E-state index is -0.359. The molecule has 0 aliphatic carbocycles. The van der Waals surface area contributed by atoms with Crippen molar-refractivity contribution in [3.63, 3.8) is 0 Å². The summed E-state index contributed by atoms with van der Waals surface area (Å²) < 4.78 is 16.6. The van der Waals surface area contributed by atoms with Crippen LogP contribution in [-0.4, -0.2) is 25.5 Å². The largest absolute Gasteiger partial charge is 0.307 e. The highest BCUT2D eigenvalue weighted by Gasteiger charge is 2.24. The fourth-order valence-electron chi connectivity index (χ4n) is 3.62. The maximum Gasteiger partial charge on any atom is 0.261 e. The van der Waals surface area contributed by atoms with Crippen LogP contribution >= 0.6 is 11.6 Å². The van der Waals surface area contributed by atoms with Gasteiger partial charge in [0.25, 0.3) is 5.91 Å². The Labute approximate surface area is 203 Å². The summed E-state index contributed by atoms with van der Waals surface area (Å²) in [7, 11) is 0. The monoisotopic (exact) mass is 479 g/mol. The molecule has 0 saturated carbocycles. The van der Waals surface area contributed by atoms with Crippen LogP contribution in [0.4, 0.5) is 10.2 Å². The average Bonchev–Trinajstić information content (AvgIpc) is 3.30. The fourth-order valence-corrected chi connectivity index (χ4v) is 3.94. The quantitative estimate of drug-likeness (QED) is 0.378. The summed E-state index contributed by atoms with van der Waals surface area (Å²) in [6.45, 7) is 8.82. The van der Waals surface area contributed by atoms with Gasteiger partial charge >= 0.3 is 0 Å². The molecule has 8 heteroatoms. The fraction of sp³-hybridized carbons (Fsp3) is 0.269. The Hall–Kier alpha value is -3.45. The van der Waals surface area contributed by atoms with Crippen LogP contribution in [0.1, 0.15) is 53.6 Å². The lowest BCUT2D eigenvalue weighted by Gasteiger charge is -2.14. The number of hydrogen-bond donors (Lipinski definition) is 1. The lowest BCUT2D eigenvalue weighted by Crippen LogP contribution is -2.17. The van der Waals surface area contributed by atoms with E-state index >= 15 is 0 Å². The highest BCUT2D eigenvalue weighted by molar-refractivity contribution is 6.33. The van der Waals surface area contributed by atoms with Gasteiger partial charge in [-0.15, -0.1) is 0 Å². The van der Waals surface area contributed by atoms with E-state index in [1.807, 2.05) is 36.4 Å². The van der Waals surface area contributed by atoms with E-state index in [2.05, 4.69) is 31.2 Å². The van der Waals surface area contributed by atoms with Crippen molar-refractivity contribution in [1.29, 1.82) is 0 Å². The Balaban J connectivity index is 1.61. The zero-order valence-corrected chi connectivity index (χ0v) is 20.4. The van der Waals surface area contributed by atoms with E-state index in [1.54, 1.807) is 28.4 Å². The molecule has 0 fully saturated rings. The van der Waals surface area contributed by atoms with Gasteiger partial charge in [-0.25, -0.2) is 13.8 Å². The smallest absolute Gasteiger partial charge is 0.261 e. The number of hydrogen-bond acceptors (Lipinski definition) is 3. The topological polar surface area (TPSA) is 64.7 Å². The molecule has 0 aliphatic heterocycles. The Morgan fingerprint density at radius 1 is 0.971 bits per heavy atom. The molecule has 176 valence electrons. The number of anilines is 1. The first-order valence-electron chi connectivity index (χ1n) is 11.0. The molecule has 4 rings (SSSR count). The number of nitrogens with zero attached hydrogens (tertiary/aromatic N) is 4. The molecule has 0 bridgehead atoms. The van der Waals surface area contributed by atoms with Crippen LogP contribution in [0, 0.1) is 12.7 Å². The maximum absolute atomic E-state index is 13.3. The van der Waals surface area contributed by atoms with Gasteiger partial charge in [-0.3, -0.25) is 4.79 Å². The Morgan fingerprint density at radius 2 is 1.59 bits per heavy atom. The number of amides is 1. The minimum Gasteiger partial charge on any atom is -0.307 e. The van der Waals surface area contributed by atoms with Crippen molar-refractivity contribution in [2.75, 3.05) is 5.32 Å². The molecule has 0 unspecified atom stereocenters. The Bertz CT molecular complexity index is 1300. The third-order valence-corrected chi connectivity index (χ3v) is 5.89. The van der Waals surface area contributed by atoms with Crippen molar-refractivity contribution < 1.29 is 9.18 Å². The number of aryl methyl sites for hydroxylation is 1. The van der Waals surface area contributed by atoms with Crippen molar-refractivity contribution in [3.8, 4) is 0 Å². The van der Waals surface area contributed by atoms with E-state index in [4.69, 9.17) is 16.7 Å². The van der Waals surface area contributed by atoms with Gasteiger partial charge in [0.05, 0.1) is 30.0 Å². The van der Waals surface area contributed by atoms with Crippen molar-refractivity contribution in [3.05, 3.63) is 99.7 Å². The minimum absolute atomic E-state index is 0.185.